The summed E-state index contributed by atoms with van der Waals surface area (Å²) >= 11 is 8.99. The van der Waals surface area contributed by atoms with Crippen LogP contribution in [-0.4, -0.2) is 17.6 Å². The molecule has 1 aromatic heterocycles. The predicted octanol–water partition coefficient (Wildman–Crippen LogP) is 2.60. The lowest BCUT2D eigenvalue weighted by Crippen LogP contribution is -2.03. The molecule has 0 spiro atoms. The van der Waals surface area contributed by atoms with Crippen LogP contribution >= 0.6 is 27.5 Å². The lowest BCUT2D eigenvalue weighted by molar-refractivity contribution is -0.140. The van der Waals surface area contributed by atoms with Crippen LogP contribution in [0.1, 0.15) is 12.5 Å². The van der Waals surface area contributed by atoms with Crippen molar-refractivity contribution in [2.75, 3.05) is 6.61 Å². The fourth-order valence-corrected chi connectivity index (χ4v) is 1.41. The summed E-state index contributed by atoms with van der Waals surface area (Å²) in [6.07, 6.45) is 2.30. The van der Waals surface area contributed by atoms with Gasteiger partial charge >= 0.3 is 5.97 Å². The minimum atomic E-state index is -0.272. The SMILES string of the molecule is CC(=O)OCCc1cnc(Cl)c(Br)c1. The zero-order valence-electron chi connectivity index (χ0n) is 7.59. The molecule has 0 aliphatic heterocycles. The minimum absolute atomic E-state index is 0.272. The monoisotopic (exact) mass is 277 g/mol. The van der Waals surface area contributed by atoms with Crippen molar-refractivity contribution in [3.63, 3.8) is 0 Å². The van der Waals surface area contributed by atoms with E-state index >= 15 is 0 Å². The van der Waals surface area contributed by atoms with Gasteiger partial charge in [0.25, 0.3) is 0 Å². The Hall–Kier alpha value is -0.610. The van der Waals surface area contributed by atoms with Crippen molar-refractivity contribution in [3.05, 3.63) is 27.5 Å². The summed E-state index contributed by atoms with van der Waals surface area (Å²) < 4.78 is 5.55. The average molecular weight is 279 g/mol. The molecule has 0 N–H and O–H groups in total. The summed E-state index contributed by atoms with van der Waals surface area (Å²) in [6, 6.07) is 1.86. The third kappa shape index (κ3) is 3.64. The Kier molecular flexibility index (Phi) is 4.35. The summed E-state index contributed by atoms with van der Waals surface area (Å²) in [4.78, 5) is 14.4. The van der Waals surface area contributed by atoms with Gasteiger partial charge in [-0.2, -0.15) is 0 Å². The Bertz CT molecular complexity index is 344. The van der Waals surface area contributed by atoms with Crippen molar-refractivity contribution in [2.45, 2.75) is 13.3 Å². The van der Waals surface area contributed by atoms with E-state index in [9.17, 15) is 4.79 Å². The van der Waals surface area contributed by atoms with Crippen molar-refractivity contribution in [1.29, 1.82) is 0 Å². The molecule has 0 radical (unpaired) electrons. The van der Waals surface area contributed by atoms with Crippen LogP contribution in [0.25, 0.3) is 0 Å². The van der Waals surface area contributed by atoms with Crippen molar-refractivity contribution in [2.24, 2.45) is 0 Å². The van der Waals surface area contributed by atoms with E-state index in [2.05, 4.69) is 20.9 Å². The molecule has 0 bridgehead atoms. The van der Waals surface area contributed by atoms with Gasteiger partial charge in [-0.1, -0.05) is 11.6 Å². The Morgan fingerprint density at radius 3 is 3.00 bits per heavy atom. The van der Waals surface area contributed by atoms with Crippen LogP contribution in [0.5, 0.6) is 0 Å². The smallest absolute Gasteiger partial charge is 0.302 e. The molecule has 5 heteroatoms. The first-order chi connectivity index (χ1) is 6.59. The molecular weight excluding hydrogens is 269 g/mol. The summed E-state index contributed by atoms with van der Waals surface area (Å²) in [5, 5.41) is 0.432. The van der Waals surface area contributed by atoms with E-state index in [1.165, 1.54) is 6.92 Å². The van der Waals surface area contributed by atoms with E-state index in [0.717, 1.165) is 10.0 Å². The molecule has 1 rings (SSSR count). The van der Waals surface area contributed by atoms with Gasteiger partial charge in [-0.15, -0.1) is 0 Å². The van der Waals surface area contributed by atoms with Crippen molar-refractivity contribution < 1.29 is 9.53 Å². The maximum Gasteiger partial charge on any atom is 0.302 e. The van der Waals surface area contributed by atoms with Crippen LogP contribution in [0.15, 0.2) is 16.7 Å². The zero-order valence-corrected chi connectivity index (χ0v) is 9.93. The van der Waals surface area contributed by atoms with Gasteiger partial charge < -0.3 is 4.74 Å². The highest BCUT2D eigenvalue weighted by atomic mass is 79.9. The maximum absolute atomic E-state index is 10.5. The van der Waals surface area contributed by atoms with Gasteiger partial charge in [0.15, 0.2) is 0 Å². The molecule has 0 aliphatic rings. The van der Waals surface area contributed by atoms with Gasteiger partial charge in [0.05, 0.1) is 11.1 Å². The highest BCUT2D eigenvalue weighted by Gasteiger charge is 2.01. The number of carbonyl (C=O) groups is 1. The molecule has 0 amide bonds. The lowest BCUT2D eigenvalue weighted by atomic mass is 10.2. The van der Waals surface area contributed by atoms with E-state index < -0.39 is 0 Å². The quantitative estimate of drug-likeness (QED) is 0.630. The van der Waals surface area contributed by atoms with Crippen LogP contribution in [0, 0.1) is 0 Å². The second-order valence-electron chi connectivity index (χ2n) is 2.71. The van der Waals surface area contributed by atoms with Gasteiger partial charge in [0.1, 0.15) is 5.15 Å². The maximum atomic E-state index is 10.5. The van der Waals surface area contributed by atoms with Crippen LogP contribution < -0.4 is 0 Å². The molecule has 3 nitrogen and oxygen atoms in total. The third-order valence-electron chi connectivity index (χ3n) is 1.55. The molecule has 0 aliphatic carbocycles. The van der Waals surface area contributed by atoms with Gasteiger partial charge in [-0.05, 0) is 27.6 Å². The Balaban J connectivity index is 2.51. The number of aromatic nitrogens is 1. The van der Waals surface area contributed by atoms with Crippen molar-refractivity contribution in [3.8, 4) is 0 Å². The van der Waals surface area contributed by atoms with E-state index in [-0.39, 0.29) is 5.97 Å². The Labute approximate surface area is 95.6 Å². The predicted molar refractivity (Wildman–Crippen MR) is 57.3 cm³/mol. The van der Waals surface area contributed by atoms with E-state index in [0.29, 0.717) is 18.2 Å². The molecule has 0 unspecified atom stereocenters. The molecule has 0 fully saturated rings. The first-order valence-corrected chi connectivity index (χ1v) is 5.20. The number of rotatable bonds is 3. The van der Waals surface area contributed by atoms with Crippen LogP contribution in [0.2, 0.25) is 5.15 Å². The summed E-state index contributed by atoms with van der Waals surface area (Å²) in [5.41, 5.74) is 0.975. The Morgan fingerprint density at radius 2 is 2.43 bits per heavy atom. The number of pyridine rings is 1. The normalized spacial score (nSPS) is 9.93. The molecule has 0 saturated carbocycles. The number of ether oxygens (including phenoxy) is 1. The lowest BCUT2D eigenvalue weighted by Gasteiger charge is -2.03. The molecule has 76 valence electrons. The van der Waals surface area contributed by atoms with Crippen molar-refractivity contribution in [1.82, 2.24) is 4.98 Å². The largest absolute Gasteiger partial charge is 0.466 e. The molecule has 14 heavy (non-hydrogen) atoms. The van der Waals surface area contributed by atoms with Gasteiger partial charge in [-0.3, -0.25) is 4.79 Å². The molecule has 1 heterocycles. The molecule has 0 saturated heterocycles. The molecule has 1 aromatic rings. The van der Waals surface area contributed by atoms with Gasteiger partial charge in [0.2, 0.25) is 0 Å². The number of hydrogen-bond acceptors (Lipinski definition) is 3. The number of hydrogen-bond donors (Lipinski definition) is 0. The fourth-order valence-electron chi connectivity index (χ4n) is 0.910. The van der Waals surface area contributed by atoms with Crippen LogP contribution in [-0.2, 0) is 16.0 Å². The van der Waals surface area contributed by atoms with E-state index in [1.54, 1.807) is 6.20 Å². The Morgan fingerprint density at radius 1 is 1.71 bits per heavy atom. The number of esters is 1. The second kappa shape index (κ2) is 5.32. The number of halogens is 2. The third-order valence-corrected chi connectivity index (χ3v) is 2.68. The molecular formula is C9H9BrClNO2. The van der Waals surface area contributed by atoms with Crippen LogP contribution in [0.3, 0.4) is 0 Å². The highest BCUT2D eigenvalue weighted by Crippen LogP contribution is 2.20. The first kappa shape index (κ1) is 11.5. The van der Waals surface area contributed by atoms with Gasteiger partial charge in [0, 0.05) is 19.5 Å². The van der Waals surface area contributed by atoms with E-state index in [1.807, 2.05) is 6.07 Å². The van der Waals surface area contributed by atoms with Crippen LogP contribution in [0.4, 0.5) is 0 Å². The topological polar surface area (TPSA) is 39.2 Å². The highest BCUT2D eigenvalue weighted by molar-refractivity contribution is 9.10. The zero-order chi connectivity index (χ0) is 10.6. The standard InChI is InChI=1S/C9H9BrClNO2/c1-6(13)14-3-2-7-4-8(10)9(11)12-5-7/h4-5H,2-3H2,1H3. The van der Waals surface area contributed by atoms with E-state index in [4.69, 9.17) is 16.3 Å². The van der Waals surface area contributed by atoms with Gasteiger partial charge in [-0.25, -0.2) is 4.98 Å². The average Bonchev–Trinajstić information content (AvgIpc) is 2.10. The molecule has 0 aromatic carbocycles. The summed E-state index contributed by atoms with van der Waals surface area (Å²) in [6.45, 7) is 1.75. The summed E-state index contributed by atoms with van der Waals surface area (Å²) in [7, 11) is 0. The molecule has 0 atom stereocenters. The first-order valence-electron chi connectivity index (χ1n) is 4.03. The number of carbonyl (C=O) groups excluding carboxylic acids is 1. The fraction of sp³-hybridized carbons (Fsp3) is 0.333. The second-order valence-corrected chi connectivity index (χ2v) is 3.92. The van der Waals surface area contributed by atoms with Crippen molar-refractivity contribution >= 4 is 33.5 Å². The number of nitrogens with zero attached hydrogens (tertiary/aromatic N) is 1. The minimum Gasteiger partial charge on any atom is -0.466 e. The summed E-state index contributed by atoms with van der Waals surface area (Å²) in [5.74, 6) is -0.272.